The van der Waals surface area contributed by atoms with E-state index in [9.17, 15) is 5.11 Å². The van der Waals surface area contributed by atoms with Crippen molar-refractivity contribution in [2.24, 2.45) is 0 Å². The van der Waals surface area contributed by atoms with Gasteiger partial charge in [0, 0.05) is 37.9 Å². The van der Waals surface area contributed by atoms with Crippen molar-refractivity contribution in [3.05, 3.63) is 48.4 Å². The molecule has 3 aromatic rings. The van der Waals surface area contributed by atoms with Gasteiger partial charge in [0.25, 0.3) is 0 Å². The number of rotatable bonds is 6. The number of hydrogen-bond donors (Lipinski definition) is 1. The van der Waals surface area contributed by atoms with Gasteiger partial charge in [-0.1, -0.05) is 5.16 Å². The summed E-state index contributed by atoms with van der Waals surface area (Å²) in [5.41, 5.74) is 1.88. The monoisotopic (exact) mass is 396 g/mol. The Kier molecular flexibility index (Phi) is 5.53. The molecule has 0 atom stereocenters. The summed E-state index contributed by atoms with van der Waals surface area (Å²) in [6, 6.07) is 12.8. The predicted molar refractivity (Wildman–Crippen MR) is 108 cm³/mol. The third-order valence-corrected chi connectivity index (χ3v) is 5.06. The summed E-state index contributed by atoms with van der Waals surface area (Å²) in [5.74, 6) is 2.71. The molecule has 0 radical (unpaired) electrons. The van der Waals surface area contributed by atoms with Crippen LogP contribution in [0.25, 0.3) is 11.4 Å². The molecule has 0 aliphatic carbocycles. The molecule has 152 valence electrons. The number of phenols is 1. The van der Waals surface area contributed by atoms with Crippen LogP contribution in [0.3, 0.4) is 0 Å². The molecule has 29 heavy (non-hydrogen) atoms. The number of nitrogens with zero attached hydrogens (tertiary/aromatic N) is 4. The molecule has 2 aromatic carbocycles. The van der Waals surface area contributed by atoms with Gasteiger partial charge in [0.05, 0.1) is 26.3 Å². The van der Waals surface area contributed by atoms with Gasteiger partial charge < -0.3 is 24.0 Å². The number of piperazine rings is 1. The zero-order valence-electron chi connectivity index (χ0n) is 16.5. The van der Waals surface area contributed by atoms with E-state index in [-0.39, 0.29) is 5.75 Å². The number of phenolic OH excluding ortho intramolecular Hbond substituents is 1. The van der Waals surface area contributed by atoms with Crippen molar-refractivity contribution in [2.75, 3.05) is 45.3 Å². The lowest BCUT2D eigenvalue weighted by molar-refractivity contribution is 0.215. The number of benzene rings is 2. The average Bonchev–Trinajstić information content (AvgIpc) is 3.22. The van der Waals surface area contributed by atoms with Crippen molar-refractivity contribution in [3.63, 3.8) is 0 Å². The third kappa shape index (κ3) is 4.27. The highest BCUT2D eigenvalue weighted by Crippen LogP contribution is 2.31. The molecule has 2 heterocycles. The highest BCUT2D eigenvalue weighted by atomic mass is 16.5. The first-order valence-corrected chi connectivity index (χ1v) is 9.47. The maximum atomic E-state index is 9.44. The van der Waals surface area contributed by atoms with Crippen molar-refractivity contribution in [3.8, 4) is 28.6 Å². The van der Waals surface area contributed by atoms with Crippen LogP contribution in [0.1, 0.15) is 5.89 Å². The number of methoxy groups -OCH3 is 2. The van der Waals surface area contributed by atoms with Crippen LogP contribution in [0.5, 0.6) is 17.2 Å². The van der Waals surface area contributed by atoms with Gasteiger partial charge in [-0.15, -0.1) is 0 Å². The second kappa shape index (κ2) is 8.40. The second-order valence-electron chi connectivity index (χ2n) is 6.86. The Balaban J connectivity index is 1.38. The van der Waals surface area contributed by atoms with E-state index < -0.39 is 0 Å². The standard InChI is InChI=1S/C21H24N4O4/c1-27-17-7-8-18(19(13-17)28-2)21-22-20(29-23-21)14-24-9-11-25(12-10-24)15-3-5-16(26)6-4-15/h3-8,13,26H,9-12,14H2,1-2H3. The topological polar surface area (TPSA) is 84.1 Å². The van der Waals surface area contributed by atoms with E-state index in [0.29, 0.717) is 29.8 Å². The molecule has 0 unspecified atom stereocenters. The van der Waals surface area contributed by atoms with Crippen molar-refractivity contribution >= 4 is 5.69 Å². The van der Waals surface area contributed by atoms with E-state index in [4.69, 9.17) is 14.0 Å². The normalized spacial score (nSPS) is 14.8. The maximum absolute atomic E-state index is 9.44. The predicted octanol–water partition coefficient (Wildman–Crippen LogP) is 2.78. The quantitative estimate of drug-likeness (QED) is 0.681. The minimum Gasteiger partial charge on any atom is -0.508 e. The molecule has 4 rings (SSSR count). The molecule has 8 nitrogen and oxygen atoms in total. The van der Waals surface area contributed by atoms with Gasteiger partial charge in [-0.25, -0.2) is 0 Å². The molecule has 1 aromatic heterocycles. The number of ether oxygens (including phenoxy) is 2. The molecule has 0 bridgehead atoms. The van der Waals surface area contributed by atoms with Gasteiger partial charge in [-0.2, -0.15) is 4.98 Å². The molecular formula is C21H24N4O4. The molecule has 1 saturated heterocycles. The van der Waals surface area contributed by atoms with E-state index in [1.54, 1.807) is 32.4 Å². The van der Waals surface area contributed by atoms with E-state index in [2.05, 4.69) is 19.9 Å². The lowest BCUT2D eigenvalue weighted by Crippen LogP contribution is -2.46. The number of aromatic hydroxyl groups is 1. The first-order valence-electron chi connectivity index (χ1n) is 9.47. The van der Waals surface area contributed by atoms with Crippen LogP contribution >= 0.6 is 0 Å². The second-order valence-corrected chi connectivity index (χ2v) is 6.86. The van der Waals surface area contributed by atoms with Crippen molar-refractivity contribution in [1.82, 2.24) is 15.0 Å². The fraction of sp³-hybridized carbons (Fsp3) is 0.333. The van der Waals surface area contributed by atoms with E-state index in [0.717, 1.165) is 37.4 Å². The number of aromatic nitrogens is 2. The Morgan fingerprint density at radius 3 is 2.45 bits per heavy atom. The highest BCUT2D eigenvalue weighted by molar-refractivity contribution is 5.65. The van der Waals surface area contributed by atoms with Crippen LogP contribution in [-0.2, 0) is 6.54 Å². The summed E-state index contributed by atoms with van der Waals surface area (Å²) in [6.07, 6.45) is 0. The Morgan fingerprint density at radius 2 is 1.76 bits per heavy atom. The van der Waals surface area contributed by atoms with Gasteiger partial charge in [0.15, 0.2) is 0 Å². The molecule has 0 amide bonds. The van der Waals surface area contributed by atoms with E-state index in [1.165, 1.54) is 0 Å². The first kappa shape index (κ1) is 19.1. The summed E-state index contributed by atoms with van der Waals surface area (Å²) in [4.78, 5) is 9.14. The number of anilines is 1. The molecular weight excluding hydrogens is 372 g/mol. The molecule has 0 saturated carbocycles. The van der Waals surface area contributed by atoms with Crippen molar-refractivity contribution in [1.29, 1.82) is 0 Å². The van der Waals surface area contributed by atoms with Gasteiger partial charge >= 0.3 is 0 Å². The Bertz CT molecular complexity index is 950. The summed E-state index contributed by atoms with van der Waals surface area (Å²) in [6.45, 7) is 4.19. The Labute approximate surface area is 169 Å². The third-order valence-electron chi connectivity index (χ3n) is 5.06. The maximum Gasteiger partial charge on any atom is 0.241 e. The van der Waals surface area contributed by atoms with Crippen LogP contribution in [0.4, 0.5) is 5.69 Å². The Hall–Kier alpha value is -3.26. The van der Waals surface area contributed by atoms with Gasteiger partial charge in [-0.3, -0.25) is 4.90 Å². The zero-order chi connectivity index (χ0) is 20.2. The van der Waals surface area contributed by atoms with Crippen LogP contribution < -0.4 is 14.4 Å². The lowest BCUT2D eigenvalue weighted by atomic mass is 10.2. The smallest absolute Gasteiger partial charge is 0.241 e. The van der Waals surface area contributed by atoms with Gasteiger partial charge in [0.1, 0.15) is 17.2 Å². The lowest BCUT2D eigenvalue weighted by Gasteiger charge is -2.35. The molecule has 1 N–H and O–H groups in total. The van der Waals surface area contributed by atoms with Crippen molar-refractivity contribution in [2.45, 2.75) is 6.54 Å². The minimum atomic E-state index is 0.285. The molecule has 8 heteroatoms. The highest BCUT2D eigenvalue weighted by Gasteiger charge is 2.20. The summed E-state index contributed by atoms with van der Waals surface area (Å²) < 4.78 is 16.1. The van der Waals surface area contributed by atoms with Crippen LogP contribution in [0, 0.1) is 0 Å². The SMILES string of the molecule is COc1ccc(-c2noc(CN3CCN(c4ccc(O)cc4)CC3)n2)c(OC)c1. The zero-order valence-corrected chi connectivity index (χ0v) is 16.5. The number of hydrogen-bond acceptors (Lipinski definition) is 8. The van der Waals surface area contributed by atoms with Crippen LogP contribution in [0.15, 0.2) is 47.0 Å². The van der Waals surface area contributed by atoms with E-state index in [1.807, 2.05) is 24.3 Å². The average molecular weight is 396 g/mol. The first-order chi connectivity index (χ1) is 14.2. The Morgan fingerprint density at radius 1 is 1.00 bits per heavy atom. The summed E-state index contributed by atoms with van der Waals surface area (Å²) >= 11 is 0. The largest absolute Gasteiger partial charge is 0.508 e. The van der Waals surface area contributed by atoms with E-state index >= 15 is 0 Å². The van der Waals surface area contributed by atoms with Gasteiger partial charge in [0.2, 0.25) is 11.7 Å². The molecule has 0 spiro atoms. The molecule has 1 aliphatic heterocycles. The fourth-order valence-electron chi connectivity index (χ4n) is 3.43. The van der Waals surface area contributed by atoms with Crippen molar-refractivity contribution < 1.29 is 19.1 Å². The molecule has 1 fully saturated rings. The summed E-state index contributed by atoms with van der Waals surface area (Å²) in [5, 5.41) is 13.6. The molecule has 1 aliphatic rings. The van der Waals surface area contributed by atoms with Gasteiger partial charge in [-0.05, 0) is 36.4 Å². The fourth-order valence-corrected chi connectivity index (χ4v) is 3.43. The summed E-state index contributed by atoms with van der Waals surface area (Å²) in [7, 11) is 3.22. The van der Waals surface area contributed by atoms with Crippen LogP contribution in [-0.4, -0.2) is 60.5 Å². The minimum absolute atomic E-state index is 0.285. The van der Waals surface area contributed by atoms with Crippen LogP contribution in [0.2, 0.25) is 0 Å².